The van der Waals surface area contributed by atoms with E-state index >= 15 is 4.39 Å². The molecule has 2 aromatic carbocycles. The summed E-state index contributed by atoms with van der Waals surface area (Å²) in [4.78, 5) is 26.4. The number of anilines is 3. The Morgan fingerprint density at radius 2 is 1.88 bits per heavy atom. The van der Waals surface area contributed by atoms with Crippen LogP contribution in [0.4, 0.5) is 21.6 Å². The highest BCUT2D eigenvalue weighted by molar-refractivity contribution is 5.95. The third-order valence-corrected chi connectivity index (χ3v) is 6.86. The highest BCUT2D eigenvalue weighted by atomic mass is 19.1. The van der Waals surface area contributed by atoms with Crippen molar-refractivity contribution in [2.45, 2.75) is 6.04 Å². The number of aromatic nitrogens is 5. The zero-order valence-corrected chi connectivity index (χ0v) is 23.3. The largest absolute Gasteiger partial charge is 0.495 e. The van der Waals surface area contributed by atoms with Crippen molar-refractivity contribution in [2.24, 2.45) is 0 Å². The number of hydrogen-bond donors (Lipinski definition) is 2. The number of halogens is 1. The SMILES string of the molecule is C=CC(=O)N1CC(Nc2cc3c(Nc4ccc(Oc5ccn(-c6ccc(OC)nc6)n5)cc4F)ncnc3cc2OC)C1. The molecule has 0 radical (unpaired) electrons. The van der Waals surface area contributed by atoms with Crippen LogP contribution in [0.1, 0.15) is 0 Å². The van der Waals surface area contributed by atoms with E-state index in [2.05, 4.69) is 37.3 Å². The molecule has 13 heteroatoms. The van der Waals surface area contributed by atoms with Gasteiger partial charge in [0.05, 0.1) is 49.0 Å². The van der Waals surface area contributed by atoms with Gasteiger partial charge in [-0.15, -0.1) is 5.10 Å². The maximum absolute atomic E-state index is 15.2. The summed E-state index contributed by atoms with van der Waals surface area (Å²) in [7, 11) is 3.12. The number of carbonyl (C=O) groups excluding carboxylic acids is 1. The topological polar surface area (TPSA) is 129 Å². The van der Waals surface area contributed by atoms with Crippen LogP contribution in [0.2, 0.25) is 0 Å². The molecule has 2 N–H and O–H groups in total. The molecular formula is C30H27FN8O4. The second-order valence-corrected chi connectivity index (χ2v) is 9.61. The Morgan fingerprint density at radius 1 is 1.02 bits per heavy atom. The second kappa shape index (κ2) is 11.6. The van der Waals surface area contributed by atoms with Crippen LogP contribution in [0.15, 0.2) is 79.9 Å². The lowest BCUT2D eigenvalue weighted by atomic mass is 10.1. The number of hydrogen-bond acceptors (Lipinski definition) is 10. The monoisotopic (exact) mass is 582 g/mol. The van der Waals surface area contributed by atoms with Crippen LogP contribution in [0.5, 0.6) is 23.3 Å². The molecule has 5 aromatic rings. The molecule has 1 aliphatic heterocycles. The third-order valence-electron chi connectivity index (χ3n) is 6.86. The number of carbonyl (C=O) groups is 1. The van der Waals surface area contributed by atoms with E-state index in [-0.39, 0.29) is 29.3 Å². The molecule has 0 aliphatic carbocycles. The highest BCUT2D eigenvalue weighted by Crippen LogP contribution is 2.35. The molecule has 0 bridgehead atoms. The van der Waals surface area contributed by atoms with Gasteiger partial charge in [0.1, 0.15) is 29.5 Å². The number of nitrogens with zero attached hydrogens (tertiary/aromatic N) is 6. The van der Waals surface area contributed by atoms with Crippen LogP contribution in [-0.4, -0.2) is 68.9 Å². The summed E-state index contributed by atoms with van der Waals surface area (Å²) in [5, 5.41) is 11.5. The van der Waals surface area contributed by atoms with E-state index in [1.165, 1.54) is 18.5 Å². The summed E-state index contributed by atoms with van der Waals surface area (Å²) in [6.07, 6.45) is 6.03. The average molecular weight is 583 g/mol. The van der Waals surface area contributed by atoms with Gasteiger partial charge in [-0.25, -0.2) is 24.0 Å². The van der Waals surface area contributed by atoms with Gasteiger partial charge < -0.3 is 29.7 Å². The predicted molar refractivity (Wildman–Crippen MR) is 158 cm³/mol. The molecule has 1 aliphatic rings. The number of ether oxygens (including phenoxy) is 3. The van der Waals surface area contributed by atoms with Crippen molar-refractivity contribution < 1.29 is 23.4 Å². The van der Waals surface area contributed by atoms with E-state index in [1.54, 1.807) is 66.5 Å². The summed E-state index contributed by atoms with van der Waals surface area (Å²) in [6.45, 7) is 4.61. The molecule has 0 saturated carbocycles. The Morgan fingerprint density at radius 3 is 2.60 bits per heavy atom. The first-order chi connectivity index (χ1) is 20.9. The molecule has 0 unspecified atom stereocenters. The summed E-state index contributed by atoms with van der Waals surface area (Å²) in [6, 6.07) is 13.3. The van der Waals surface area contributed by atoms with Crippen molar-refractivity contribution in [1.29, 1.82) is 0 Å². The van der Waals surface area contributed by atoms with Crippen molar-refractivity contribution in [2.75, 3.05) is 37.9 Å². The number of amides is 1. The van der Waals surface area contributed by atoms with Crippen molar-refractivity contribution in [3.05, 3.63) is 85.7 Å². The molecule has 1 fully saturated rings. The van der Waals surface area contributed by atoms with Gasteiger partial charge in [-0.3, -0.25) is 4.79 Å². The Kier molecular flexibility index (Phi) is 7.43. The molecular weight excluding hydrogens is 555 g/mol. The minimum Gasteiger partial charge on any atom is -0.495 e. The van der Waals surface area contributed by atoms with Crippen LogP contribution >= 0.6 is 0 Å². The first-order valence-electron chi connectivity index (χ1n) is 13.2. The second-order valence-electron chi connectivity index (χ2n) is 9.61. The highest BCUT2D eigenvalue weighted by Gasteiger charge is 2.30. The van der Waals surface area contributed by atoms with Gasteiger partial charge in [0.15, 0.2) is 0 Å². The van der Waals surface area contributed by atoms with Crippen molar-refractivity contribution in [3.8, 4) is 28.9 Å². The standard InChI is InChI=1S/C30H27FN8O4/c1-4-29(40)38-15-18(16-38)35-25-12-21-24(13-26(25)41-2)33-17-34-30(21)36-23-7-6-20(11-22(23)31)43-28-9-10-39(37-28)19-5-8-27(42-3)32-14-19/h4-14,17-18,35H,1,15-16H2,2-3H3,(H,33,34,36). The predicted octanol–water partition coefficient (Wildman–Crippen LogP) is 4.71. The number of likely N-dealkylation sites (tertiary alicyclic amines) is 1. The first kappa shape index (κ1) is 27.4. The number of fused-ring (bicyclic) bond motifs is 1. The lowest BCUT2D eigenvalue weighted by Gasteiger charge is -2.39. The lowest BCUT2D eigenvalue weighted by Crippen LogP contribution is -2.56. The van der Waals surface area contributed by atoms with Crippen LogP contribution in [-0.2, 0) is 4.79 Å². The minimum absolute atomic E-state index is 0.0422. The molecule has 1 saturated heterocycles. The van der Waals surface area contributed by atoms with Gasteiger partial charge in [0.2, 0.25) is 17.7 Å². The fourth-order valence-electron chi connectivity index (χ4n) is 4.61. The summed E-state index contributed by atoms with van der Waals surface area (Å²) < 4.78 is 33.3. The molecule has 43 heavy (non-hydrogen) atoms. The Hall–Kier alpha value is -5.72. The average Bonchev–Trinajstić information content (AvgIpc) is 3.48. The fraction of sp³-hybridized carbons (Fsp3) is 0.167. The zero-order valence-electron chi connectivity index (χ0n) is 23.3. The summed E-state index contributed by atoms with van der Waals surface area (Å²) in [5.41, 5.74) is 2.23. The summed E-state index contributed by atoms with van der Waals surface area (Å²) in [5.74, 6) is 1.39. The van der Waals surface area contributed by atoms with Crippen molar-refractivity contribution >= 4 is 34.0 Å². The van der Waals surface area contributed by atoms with Crippen LogP contribution < -0.4 is 24.8 Å². The van der Waals surface area contributed by atoms with E-state index in [9.17, 15) is 4.79 Å². The molecule has 4 heterocycles. The molecule has 0 atom stereocenters. The van der Waals surface area contributed by atoms with Gasteiger partial charge in [-0.1, -0.05) is 6.58 Å². The zero-order chi connectivity index (χ0) is 29.9. The van der Waals surface area contributed by atoms with Gasteiger partial charge in [-0.05, 0) is 30.3 Å². The number of pyridine rings is 1. The van der Waals surface area contributed by atoms with Crippen LogP contribution in [0.3, 0.4) is 0 Å². The third kappa shape index (κ3) is 5.73. The molecule has 0 spiro atoms. The maximum atomic E-state index is 15.2. The Bertz CT molecular complexity index is 1800. The fourth-order valence-corrected chi connectivity index (χ4v) is 4.61. The van der Waals surface area contributed by atoms with E-state index < -0.39 is 5.82 Å². The quantitative estimate of drug-likeness (QED) is 0.223. The van der Waals surface area contributed by atoms with E-state index in [4.69, 9.17) is 14.2 Å². The molecule has 6 rings (SSSR count). The molecule has 1 amide bonds. The number of methoxy groups -OCH3 is 2. The minimum atomic E-state index is -0.545. The van der Waals surface area contributed by atoms with Gasteiger partial charge in [0, 0.05) is 48.9 Å². The number of benzene rings is 2. The number of rotatable bonds is 10. The first-order valence-corrected chi connectivity index (χ1v) is 13.2. The summed E-state index contributed by atoms with van der Waals surface area (Å²) >= 11 is 0. The molecule has 218 valence electrons. The van der Waals surface area contributed by atoms with Crippen molar-refractivity contribution in [1.82, 2.24) is 29.6 Å². The van der Waals surface area contributed by atoms with E-state index in [0.29, 0.717) is 52.8 Å². The van der Waals surface area contributed by atoms with Crippen LogP contribution in [0, 0.1) is 5.82 Å². The molecule has 12 nitrogen and oxygen atoms in total. The normalized spacial score (nSPS) is 12.9. The van der Waals surface area contributed by atoms with Gasteiger partial charge >= 0.3 is 0 Å². The van der Waals surface area contributed by atoms with Gasteiger partial charge in [0.25, 0.3) is 0 Å². The lowest BCUT2D eigenvalue weighted by molar-refractivity contribution is -0.129. The Labute approximate surface area is 245 Å². The smallest absolute Gasteiger partial charge is 0.246 e. The number of nitrogens with one attached hydrogen (secondary N) is 2. The molecule has 3 aromatic heterocycles. The maximum Gasteiger partial charge on any atom is 0.246 e. The Balaban J connectivity index is 1.18. The van der Waals surface area contributed by atoms with Crippen molar-refractivity contribution in [3.63, 3.8) is 0 Å². The van der Waals surface area contributed by atoms with E-state index in [0.717, 1.165) is 0 Å². The van der Waals surface area contributed by atoms with Gasteiger partial charge in [-0.2, -0.15) is 0 Å². The van der Waals surface area contributed by atoms with E-state index in [1.807, 2.05) is 12.1 Å². The van der Waals surface area contributed by atoms with Crippen LogP contribution in [0.25, 0.3) is 16.6 Å².